The molecule has 0 radical (unpaired) electrons. The molecule has 2 saturated heterocycles. The van der Waals surface area contributed by atoms with Gasteiger partial charge in [0.15, 0.2) is 0 Å². The van der Waals surface area contributed by atoms with E-state index in [1.165, 1.54) is 11.9 Å². The zero-order valence-electron chi connectivity index (χ0n) is 29.1. The minimum absolute atomic E-state index is 0.132. The lowest BCUT2D eigenvalue weighted by atomic mass is 9.90. The van der Waals surface area contributed by atoms with E-state index < -0.39 is 6.04 Å². The maximum absolute atomic E-state index is 13.3. The Kier molecular flexibility index (Phi) is 9.36. The molecule has 1 unspecified atom stereocenters. The molecule has 52 heavy (non-hydrogen) atoms. The molecule has 0 spiro atoms. The number of hydrogen-bond acceptors (Lipinski definition) is 10. The molecule has 266 valence electrons. The molecule has 3 aliphatic heterocycles. The number of fused-ring (bicyclic) bond motifs is 2. The Morgan fingerprint density at radius 2 is 1.62 bits per heavy atom. The molecule has 4 N–H and O–H groups in total. The fourth-order valence-electron chi connectivity index (χ4n) is 8.06. The summed E-state index contributed by atoms with van der Waals surface area (Å²) < 4.78 is 0. The van der Waals surface area contributed by atoms with Gasteiger partial charge in [0.25, 0.3) is 5.91 Å². The highest BCUT2D eigenvalue weighted by Crippen LogP contribution is 2.34. The average molecular weight is 698 g/mol. The standard InChI is InChI=1S/C40H43N9O3/c41-22-35(36-23-42-33-8-1-2-9-34(33)46-36)45-27-17-19-48(20-18-27)29-6-3-5-28(21-29)43-25-11-13-26(14-12-25)44-32-10-4-7-30-31(32)24-49(40(30)52)37-15-16-38(50)47-39(37)51/h1-10,21-23,25-27,37,41,43-44H,11-20,24H2,(H,47,50,51). The minimum Gasteiger partial charge on any atom is -0.382 e. The normalized spacial score (nSPS) is 22.7. The quantitative estimate of drug-likeness (QED) is 0.135. The van der Waals surface area contributed by atoms with E-state index in [4.69, 9.17) is 15.4 Å². The van der Waals surface area contributed by atoms with Crippen molar-refractivity contribution in [3.63, 3.8) is 0 Å². The molecule has 4 aliphatic rings. The largest absolute Gasteiger partial charge is 0.382 e. The second-order valence-corrected chi connectivity index (χ2v) is 14.2. The maximum Gasteiger partial charge on any atom is 0.255 e. The van der Waals surface area contributed by atoms with E-state index in [1.807, 2.05) is 42.5 Å². The van der Waals surface area contributed by atoms with Gasteiger partial charge in [-0.05, 0) is 87.4 Å². The second kappa shape index (κ2) is 14.5. The van der Waals surface area contributed by atoms with Crippen LogP contribution in [0.15, 0.2) is 77.9 Å². The van der Waals surface area contributed by atoms with Crippen molar-refractivity contribution in [2.24, 2.45) is 4.99 Å². The first-order valence-electron chi connectivity index (χ1n) is 18.4. The van der Waals surface area contributed by atoms with Crippen LogP contribution in [-0.4, -0.2) is 81.8 Å². The molecule has 3 fully saturated rings. The summed E-state index contributed by atoms with van der Waals surface area (Å²) >= 11 is 0. The van der Waals surface area contributed by atoms with Gasteiger partial charge in [-0.3, -0.25) is 29.7 Å². The molecule has 4 heterocycles. The molecular formula is C40H43N9O3. The molecule has 1 aliphatic carbocycles. The van der Waals surface area contributed by atoms with E-state index in [2.05, 4.69) is 50.1 Å². The Morgan fingerprint density at radius 1 is 0.865 bits per heavy atom. The molecule has 12 heteroatoms. The molecule has 3 amide bonds. The highest BCUT2D eigenvalue weighted by molar-refractivity contribution is 6.36. The zero-order chi connectivity index (χ0) is 35.6. The lowest BCUT2D eigenvalue weighted by Crippen LogP contribution is -2.52. The van der Waals surface area contributed by atoms with E-state index in [9.17, 15) is 14.4 Å². The van der Waals surface area contributed by atoms with E-state index in [0.717, 1.165) is 79.6 Å². The average Bonchev–Trinajstić information content (AvgIpc) is 3.51. The molecule has 8 rings (SSSR count). The number of piperidine rings is 2. The summed E-state index contributed by atoms with van der Waals surface area (Å²) in [5.74, 6) is -0.817. The van der Waals surface area contributed by atoms with Crippen molar-refractivity contribution in [2.45, 2.75) is 82.1 Å². The van der Waals surface area contributed by atoms with Crippen LogP contribution in [0.3, 0.4) is 0 Å². The first kappa shape index (κ1) is 33.5. The first-order valence-corrected chi connectivity index (χ1v) is 18.4. The van der Waals surface area contributed by atoms with Gasteiger partial charge in [-0.15, -0.1) is 0 Å². The summed E-state index contributed by atoms with van der Waals surface area (Å²) in [5.41, 5.74) is 7.70. The van der Waals surface area contributed by atoms with Gasteiger partial charge >= 0.3 is 0 Å². The SMILES string of the molecule is N=CC(=NC1CCN(c2cccc(NC3CCC(Nc4cccc5c4CN(C4CCC(=O)NC4=O)C5=O)CC3)c2)CC1)c1cnc2ccccc2n1. The maximum atomic E-state index is 13.3. The summed E-state index contributed by atoms with van der Waals surface area (Å²) in [6.07, 6.45) is 9.47. The van der Waals surface area contributed by atoms with Crippen molar-refractivity contribution >= 4 is 57.7 Å². The smallest absolute Gasteiger partial charge is 0.255 e. The van der Waals surface area contributed by atoms with Crippen molar-refractivity contribution in [1.82, 2.24) is 20.2 Å². The minimum atomic E-state index is -0.616. The van der Waals surface area contributed by atoms with Gasteiger partial charge in [-0.25, -0.2) is 4.98 Å². The van der Waals surface area contributed by atoms with Crippen LogP contribution in [-0.2, 0) is 16.1 Å². The molecule has 0 bridgehead atoms. The number of nitrogens with one attached hydrogen (secondary N) is 4. The van der Waals surface area contributed by atoms with Crippen LogP contribution in [0.4, 0.5) is 17.1 Å². The molecule has 1 saturated carbocycles. The monoisotopic (exact) mass is 697 g/mol. The van der Waals surface area contributed by atoms with Gasteiger partial charge in [0, 0.05) is 72.5 Å². The summed E-state index contributed by atoms with van der Waals surface area (Å²) in [4.78, 5) is 55.6. The van der Waals surface area contributed by atoms with Crippen molar-refractivity contribution in [1.29, 1.82) is 5.41 Å². The summed E-state index contributed by atoms with van der Waals surface area (Å²) in [5, 5.41) is 17.9. The topological polar surface area (TPSA) is 156 Å². The number of rotatable bonds is 9. The van der Waals surface area contributed by atoms with E-state index in [0.29, 0.717) is 42.0 Å². The summed E-state index contributed by atoms with van der Waals surface area (Å²) in [7, 11) is 0. The lowest BCUT2D eigenvalue weighted by Gasteiger charge is -2.33. The van der Waals surface area contributed by atoms with Crippen LogP contribution in [0, 0.1) is 5.41 Å². The van der Waals surface area contributed by atoms with Crippen LogP contribution >= 0.6 is 0 Å². The number of amides is 3. The number of para-hydroxylation sites is 2. The third-order valence-corrected chi connectivity index (χ3v) is 10.9. The molecular weight excluding hydrogens is 654 g/mol. The van der Waals surface area contributed by atoms with Crippen molar-refractivity contribution in [2.75, 3.05) is 28.6 Å². The third-order valence-electron chi connectivity index (χ3n) is 10.9. The van der Waals surface area contributed by atoms with Crippen LogP contribution in [0.25, 0.3) is 11.0 Å². The Morgan fingerprint density at radius 3 is 2.38 bits per heavy atom. The number of carbonyl (C=O) groups excluding carboxylic acids is 3. The zero-order valence-corrected chi connectivity index (χ0v) is 29.1. The number of anilines is 3. The van der Waals surface area contributed by atoms with Crippen LogP contribution in [0.1, 0.15) is 73.0 Å². The van der Waals surface area contributed by atoms with E-state index in [-0.39, 0.29) is 30.2 Å². The van der Waals surface area contributed by atoms with Gasteiger partial charge in [0.05, 0.1) is 23.3 Å². The Bertz CT molecular complexity index is 2050. The third kappa shape index (κ3) is 6.97. The van der Waals surface area contributed by atoms with E-state index >= 15 is 0 Å². The number of imide groups is 1. The molecule has 1 atom stereocenters. The lowest BCUT2D eigenvalue weighted by molar-refractivity contribution is -0.136. The van der Waals surface area contributed by atoms with Crippen LogP contribution < -0.4 is 20.9 Å². The Balaban J connectivity index is 0.834. The fourth-order valence-corrected chi connectivity index (χ4v) is 8.06. The van der Waals surface area contributed by atoms with Gasteiger partial charge in [-0.1, -0.05) is 24.3 Å². The summed E-state index contributed by atoms with van der Waals surface area (Å²) in [6.45, 7) is 2.15. The van der Waals surface area contributed by atoms with Crippen LogP contribution in [0.2, 0.25) is 0 Å². The van der Waals surface area contributed by atoms with Crippen LogP contribution in [0.5, 0.6) is 0 Å². The predicted molar refractivity (Wildman–Crippen MR) is 202 cm³/mol. The summed E-state index contributed by atoms with van der Waals surface area (Å²) in [6, 6.07) is 22.4. The molecule has 1 aromatic heterocycles. The van der Waals surface area contributed by atoms with Gasteiger partial charge < -0.3 is 25.8 Å². The number of benzene rings is 3. The second-order valence-electron chi connectivity index (χ2n) is 14.2. The number of carbonyl (C=O) groups is 3. The highest BCUT2D eigenvalue weighted by Gasteiger charge is 2.40. The number of nitrogens with zero attached hydrogens (tertiary/aromatic N) is 5. The molecule has 12 nitrogen and oxygen atoms in total. The first-order chi connectivity index (χ1) is 25.4. The Hall–Kier alpha value is -5.65. The van der Waals surface area contributed by atoms with Gasteiger partial charge in [0.2, 0.25) is 11.8 Å². The van der Waals surface area contributed by atoms with E-state index in [1.54, 1.807) is 11.1 Å². The van der Waals surface area contributed by atoms with Gasteiger partial charge in [-0.2, -0.15) is 0 Å². The molecule has 4 aromatic rings. The fraction of sp³-hybridized carbons (Fsp3) is 0.375. The number of aliphatic imine (C=N–C) groups is 1. The van der Waals surface area contributed by atoms with Gasteiger partial charge in [0.1, 0.15) is 17.4 Å². The van der Waals surface area contributed by atoms with Crippen molar-refractivity contribution in [3.8, 4) is 0 Å². The number of hydrogen-bond donors (Lipinski definition) is 4. The molecule has 3 aromatic carbocycles. The van der Waals surface area contributed by atoms with Crippen molar-refractivity contribution in [3.05, 3.63) is 89.7 Å². The highest BCUT2D eigenvalue weighted by atomic mass is 16.2. The Labute approximate surface area is 302 Å². The number of aromatic nitrogens is 2. The van der Waals surface area contributed by atoms with Crippen molar-refractivity contribution < 1.29 is 14.4 Å². The predicted octanol–water partition coefficient (Wildman–Crippen LogP) is 5.33.